The third kappa shape index (κ3) is 4.37. The second-order valence-electron chi connectivity index (χ2n) is 6.90. The molecular formula is C20H24N2O4S. The summed E-state index contributed by atoms with van der Waals surface area (Å²) in [7, 11) is -3.71. The van der Waals surface area contributed by atoms with Crippen LogP contribution in [0.15, 0.2) is 53.4 Å². The van der Waals surface area contributed by atoms with Crippen LogP contribution in [0, 0.1) is 0 Å². The van der Waals surface area contributed by atoms with Crippen molar-refractivity contribution in [2.75, 3.05) is 11.4 Å². The lowest BCUT2D eigenvalue weighted by molar-refractivity contribution is -0.116. The number of benzene rings is 2. The number of hydrogen-bond acceptors (Lipinski definition) is 4. The van der Waals surface area contributed by atoms with Crippen LogP contribution in [0.5, 0.6) is 0 Å². The SMILES string of the molecule is CC(=O)N1CCc2cc(S(=O)(=O)N[C@@H](C)C[C@H](O)c3ccccc3)ccc21. The highest BCUT2D eigenvalue weighted by Crippen LogP contribution is 2.30. The lowest BCUT2D eigenvalue weighted by Crippen LogP contribution is -2.33. The van der Waals surface area contributed by atoms with E-state index in [9.17, 15) is 18.3 Å². The minimum absolute atomic E-state index is 0.0500. The van der Waals surface area contributed by atoms with Gasteiger partial charge in [-0.3, -0.25) is 4.79 Å². The average molecular weight is 388 g/mol. The number of fused-ring (bicyclic) bond motifs is 1. The number of nitrogens with one attached hydrogen (secondary N) is 1. The fourth-order valence-electron chi connectivity index (χ4n) is 3.40. The van der Waals surface area contributed by atoms with Gasteiger partial charge >= 0.3 is 0 Å². The number of nitrogens with zero attached hydrogens (tertiary/aromatic N) is 1. The van der Waals surface area contributed by atoms with Crippen LogP contribution in [0.3, 0.4) is 0 Å². The molecule has 144 valence electrons. The standard InChI is InChI=1S/C20H24N2O4S/c1-14(12-20(24)16-6-4-3-5-7-16)21-27(25,26)18-8-9-19-17(13-18)10-11-22(19)15(2)23/h3-9,13-14,20-21,24H,10-12H2,1-2H3/t14-,20-/m0/s1. The summed E-state index contributed by atoms with van der Waals surface area (Å²) >= 11 is 0. The van der Waals surface area contributed by atoms with Crippen molar-refractivity contribution < 1.29 is 18.3 Å². The van der Waals surface area contributed by atoms with E-state index in [2.05, 4.69) is 4.72 Å². The number of rotatable bonds is 6. The Morgan fingerprint density at radius 3 is 2.59 bits per heavy atom. The maximum absolute atomic E-state index is 12.7. The van der Waals surface area contributed by atoms with Gasteiger partial charge in [0.25, 0.3) is 0 Å². The molecule has 7 heteroatoms. The first kappa shape index (κ1) is 19.5. The first-order valence-corrected chi connectivity index (χ1v) is 10.4. The number of carbonyl (C=O) groups excluding carboxylic acids is 1. The molecule has 2 aromatic rings. The highest BCUT2D eigenvalue weighted by Gasteiger charge is 2.26. The quantitative estimate of drug-likeness (QED) is 0.796. The zero-order valence-corrected chi connectivity index (χ0v) is 16.2. The highest BCUT2D eigenvalue weighted by molar-refractivity contribution is 7.89. The molecule has 2 N–H and O–H groups in total. The van der Waals surface area contributed by atoms with Crippen molar-refractivity contribution in [3.63, 3.8) is 0 Å². The van der Waals surface area contributed by atoms with Gasteiger partial charge in [-0.2, -0.15) is 0 Å². The predicted octanol–water partition coefficient (Wildman–Crippen LogP) is 2.39. The molecule has 1 heterocycles. The van der Waals surface area contributed by atoms with Crippen LogP contribution >= 0.6 is 0 Å². The zero-order chi connectivity index (χ0) is 19.6. The molecule has 6 nitrogen and oxygen atoms in total. The Bertz CT molecular complexity index is 928. The minimum Gasteiger partial charge on any atom is -0.388 e. The van der Waals surface area contributed by atoms with Crippen molar-refractivity contribution >= 4 is 21.6 Å². The maximum atomic E-state index is 12.7. The largest absolute Gasteiger partial charge is 0.388 e. The van der Waals surface area contributed by atoms with Gasteiger partial charge in [-0.15, -0.1) is 0 Å². The summed E-state index contributed by atoms with van der Waals surface area (Å²) in [6.07, 6.45) is 0.167. The third-order valence-corrected chi connectivity index (χ3v) is 6.34. The highest BCUT2D eigenvalue weighted by atomic mass is 32.2. The van der Waals surface area contributed by atoms with Crippen LogP contribution in [0.1, 0.15) is 37.5 Å². The van der Waals surface area contributed by atoms with E-state index in [0.29, 0.717) is 13.0 Å². The summed E-state index contributed by atoms with van der Waals surface area (Å²) < 4.78 is 28.0. The van der Waals surface area contributed by atoms with E-state index in [1.807, 2.05) is 30.3 Å². The van der Waals surface area contributed by atoms with E-state index >= 15 is 0 Å². The molecule has 0 aliphatic carbocycles. The van der Waals surface area contributed by atoms with Crippen molar-refractivity contribution in [1.29, 1.82) is 0 Å². The first-order valence-electron chi connectivity index (χ1n) is 8.94. The van der Waals surface area contributed by atoms with Gasteiger partial charge in [0.1, 0.15) is 0 Å². The second-order valence-corrected chi connectivity index (χ2v) is 8.61. The predicted molar refractivity (Wildman–Crippen MR) is 104 cm³/mol. The monoisotopic (exact) mass is 388 g/mol. The van der Waals surface area contributed by atoms with Crippen LogP contribution in [-0.4, -0.2) is 32.0 Å². The second kappa shape index (κ2) is 7.80. The Labute approximate surface area is 159 Å². The van der Waals surface area contributed by atoms with Crippen molar-refractivity contribution in [3.05, 3.63) is 59.7 Å². The van der Waals surface area contributed by atoms with Gasteiger partial charge in [0, 0.05) is 25.2 Å². The van der Waals surface area contributed by atoms with Crippen LogP contribution in [0.25, 0.3) is 0 Å². The zero-order valence-electron chi connectivity index (χ0n) is 15.4. The number of hydrogen-bond donors (Lipinski definition) is 2. The number of sulfonamides is 1. The van der Waals surface area contributed by atoms with Gasteiger partial charge in [0.2, 0.25) is 15.9 Å². The van der Waals surface area contributed by atoms with Gasteiger partial charge in [0.15, 0.2) is 0 Å². The molecule has 0 radical (unpaired) electrons. The fraction of sp³-hybridized carbons (Fsp3) is 0.350. The molecule has 2 aromatic carbocycles. The fourth-order valence-corrected chi connectivity index (χ4v) is 4.71. The third-order valence-electron chi connectivity index (χ3n) is 4.75. The van der Waals surface area contributed by atoms with Crippen molar-refractivity contribution in [1.82, 2.24) is 4.72 Å². The van der Waals surface area contributed by atoms with Crippen molar-refractivity contribution in [2.24, 2.45) is 0 Å². The molecule has 1 aliphatic rings. The molecule has 1 aliphatic heterocycles. The number of aliphatic hydroxyl groups excluding tert-OH is 1. The molecule has 0 fully saturated rings. The van der Waals surface area contributed by atoms with Crippen molar-refractivity contribution in [3.8, 4) is 0 Å². The molecule has 0 saturated heterocycles. The van der Waals surface area contributed by atoms with Crippen LogP contribution in [-0.2, 0) is 21.2 Å². The lowest BCUT2D eigenvalue weighted by atomic mass is 10.0. The Morgan fingerprint density at radius 1 is 1.22 bits per heavy atom. The smallest absolute Gasteiger partial charge is 0.240 e. The molecule has 0 bridgehead atoms. The molecule has 0 spiro atoms. The van der Waals surface area contributed by atoms with Crippen LogP contribution in [0.2, 0.25) is 0 Å². The lowest BCUT2D eigenvalue weighted by Gasteiger charge is -2.19. The van der Waals surface area contributed by atoms with Gasteiger partial charge in [-0.25, -0.2) is 13.1 Å². The summed E-state index contributed by atoms with van der Waals surface area (Å²) in [5, 5.41) is 10.3. The average Bonchev–Trinajstić information content (AvgIpc) is 3.05. The summed E-state index contributed by atoms with van der Waals surface area (Å²) in [6, 6.07) is 13.5. The van der Waals surface area contributed by atoms with E-state index in [1.54, 1.807) is 24.0 Å². The summed E-state index contributed by atoms with van der Waals surface area (Å²) in [5.41, 5.74) is 2.38. The Kier molecular flexibility index (Phi) is 5.64. The van der Waals surface area contributed by atoms with Crippen LogP contribution in [0.4, 0.5) is 5.69 Å². The summed E-state index contributed by atoms with van der Waals surface area (Å²) in [6.45, 7) is 3.80. The van der Waals surface area contributed by atoms with Gasteiger partial charge in [-0.05, 0) is 49.1 Å². The van der Waals surface area contributed by atoms with Crippen molar-refractivity contribution in [2.45, 2.75) is 43.7 Å². The molecule has 1 amide bonds. The van der Waals surface area contributed by atoms with E-state index in [0.717, 1.165) is 16.8 Å². The number of amides is 1. The Morgan fingerprint density at radius 2 is 1.93 bits per heavy atom. The molecular weight excluding hydrogens is 364 g/mol. The van der Waals surface area contributed by atoms with Gasteiger partial charge in [0.05, 0.1) is 11.0 Å². The molecule has 0 aromatic heterocycles. The molecule has 0 unspecified atom stereocenters. The van der Waals surface area contributed by atoms with Crippen LogP contribution < -0.4 is 9.62 Å². The van der Waals surface area contributed by atoms with Gasteiger partial charge < -0.3 is 10.0 Å². The minimum atomic E-state index is -3.71. The van der Waals surface area contributed by atoms with E-state index < -0.39 is 22.2 Å². The number of carbonyl (C=O) groups is 1. The molecule has 3 rings (SSSR count). The Hall–Kier alpha value is -2.22. The van der Waals surface area contributed by atoms with E-state index in [1.165, 1.54) is 13.0 Å². The summed E-state index contributed by atoms with van der Waals surface area (Å²) in [4.78, 5) is 13.5. The van der Waals surface area contributed by atoms with Gasteiger partial charge in [-0.1, -0.05) is 30.3 Å². The number of anilines is 1. The van der Waals surface area contributed by atoms with E-state index in [-0.39, 0.29) is 17.2 Å². The number of aliphatic hydroxyl groups is 1. The summed E-state index contributed by atoms with van der Waals surface area (Å²) in [5.74, 6) is -0.0500. The Balaban J connectivity index is 1.71. The normalized spacial score (nSPS) is 16.0. The maximum Gasteiger partial charge on any atom is 0.240 e. The molecule has 0 saturated carbocycles. The molecule has 27 heavy (non-hydrogen) atoms. The first-order chi connectivity index (χ1) is 12.8. The molecule has 2 atom stereocenters. The van der Waals surface area contributed by atoms with E-state index in [4.69, 9.17) is 0 Å². The topological polar surface area (TPSA) is 86.7 Å².